The molecule has 1 amide bonds. The summed E-state index contributed by atoms with van der Waals surface area (Å²) in [5, 5.41) is 15.7. The first-order valence-electron chi connectivity index (χ1n) is 10.7. The lowest BCUT2D eigenvalue weighted by molar-refractivity contribution is -0.114. The van der Waals surface area contributed by atoms with Crippen LogP contribution in [0.15, 0.2) is 59.1 Å². The van der Waals surface area contributed by atoms with Gasteiger partial charge in [-0.05, 0) is 43.2 Å². The summed E-state index contributed by atoms with van der Waals surface area (Å²) in [6.07, 6.45) is 2.26. The van der Waals surface area contributed by atoms with Gasteiger partial charge in [-0.1, -0.05) is 30.0 Å². The topological polar surface area (TPSA) is 81.9 Å². The van der Waals surface area contributed by atoms with Crippen molar-refractivity contribution in [2.75, 3.05) is 12.4 Å². The summed E-state index contributed by atoms with van der Waals surface area (Å²) in [6, 6.07) is 15.7. The average molecular weight is 478 g/mol. The molecule has 1 aliphatic rings. The Kier molecular flexibility index (Phi) is 6.15. The molecule has 0 bridgehead atoms. The standard InChI is InChI=1S/C24H23N5O2S2/c1-15(30)25-17-6-5-7-19(12-17)29-22(16-10-11-16)27-28-24(29)33-14-18-13-32-23(26-18)20-8-3-4-9-21(20)31-2/h3-9,12-13,16H,10-11,14H2,1-2H3,(H,25,30). The first-order valence-corrected chi connectivity index (χ1v) is 12.5. The zero-order valence-electron chi connectivity index (χ0n) is 18.3. The van der Waals surface area contributed by atoms with Gasteiger partial charge >= 0.3 is 0 Å². The number of thiazole rings is 1. The molecule has 0 unspecified atom stereocenters. The molecule has 5 rings (SSSR count). The third-order valence-electron chi connectivity index (χ3n) is 5.26. The van der Waals surface area contributed by atoms with Crippen LogP contribution in [0.5, 0.6) is 5.75 Å². The Morgan fingerprint density at radius 2 is 2.06 bits per heavy atom. The lowest BCUT2D eigenvalue weighted by Crippen LogP contribution is -2.07. The highest BCUT2D eigenvalue weighted by Crippen LogP contribution is 2.42. The number of nitrogens with zero attached hydrogens (tertiary/aromatic N) is 4. The molecule has 1 saturated carbocycles. The molecule has 168 valence electrons. The van der Waals surface area contributed by atoms with E-state index in [0.29, 0.717) is 11.7 Å². The zero-order valence-corrected chi connectivity index (χ0v) is 19.9. The predicted octanol–water partition coefficient (Wildman–Crippen LogP) is 5.53. The number of anilines is 1. The van der Waals surface area contributed by atoms with Gasteiger partial charge in [-0.2, -0.15) is 0 Å². The summed E-state index contributed by atoms with van der Waals surface area (Å²) in [4.78, 5) is 16.3. The van der Waals surface area contributed by atoms with E-state index in [1.54, 1.807) is 30.2 Å². The molecule has 0 aliphatic heterocycles. The van der Waals surface area contributed by atoms with Gasteiger partial charge in [0, 0.05) is 29.7 Å². The number of ether oxygens (including phenoxy) is 1. The number of carbonyl (C=O) groups is 1. The fraction of sp³-hybridized carbons (Fsp3) is 0.250. The number of hydrogen-bond donors (Lipinski definition) is 1. The van der Waals surface area contributed by atoms with Crippen molar-refractivity contribution in [3.05, 3.63) is 65.4 Å². The molecule has 2 aromatic heterocycles. The SMILES string of the molecule is COc1ccccc1-c1nc(CSc2nnc(C3CC3)n2-c2cccc(NC(C)=O)c2)cs1. The maximum Gasteiger partial charge on any atom is 0.221 e. The van der Waals surface area contributed by atoms with E-state index in [2.05, 4.69) is 25.5 Å². The first kappa shape index (κ1) is 21.7. The average Bonchev–Trinajstić information content (AvgIpc) is 3.40. The largest absolute Gasteiger partial charge is 0.496 e. The molecule has 7 nitrogen and oxygen atoms in total. The number of rotatable bonds is 8. The van der Waals surface area contributed by atoms with Crippen LogP contribution in [0.3, 0.4) is 0 Å². The summed E-state index contributed by atoms with van der Waals surface area (Å²) >= 11 is 3.22. The van der Waals surface area contributed by atoms with E-state index < -0.39 is 0 Å². The molecule has 0 saturated heterocycles. The molecule has 0 spiro atoms. The van der Waals surface area contributed by atoms with Crippen LogP contribution in [0.25, 0.3) is 16.3 Å². The van der Waals surface area contributed by atoms with Crippen LogP contribution >= 0.6 is 23.1 Å². The molecule has 9 heteroatoms. The van der Waals surface area contributed by atoms with Crippen molar-refractivity contribution in [1.82, 2.24) is 19.7 Å². The maximum absolute atomic E-state index is 11.5. The quantitative estimate of drug-likeness (QED) is 0.336. The molecule has 0 atom stereocenters. The molecule has 2 aromatic carbocycles. The predicted molar refractivity (Wildman–Crippen MR) is 131 cm³/mol. The second-order valence-electron chi connectivity index (χ2n) is 7.81. The molecular formula is C24H23N5O2S2. The van der Waals surface area contributed by atoms with Gasteiger partial charge in [-0.15, -0.1) is 21.5 Å². The minimum atomic E-state index is -0.0951. The van der Waals surface area contributed by atoms with Gasteiger partial charge < -0.3 is 10.1 Å². The van der Waals surface area contributed by atoms with Crippen molar-refractivity contribution in [3.8, 4) is 22.0 Å². The molecule has 1 aliphatic carbocycles. The highest BCUT2D eigenvalue weighted by molar-refractivity contribution is 7.98. The van der Waals surface area contributed by atoms with Crippen LogP contribution in [0.1, 0.15) is 37.2 Å². The van der Waals surface area contributed by atoms with Crippen molar-refractivity contribution in [2.24, 2.45) is 0 Å². The molecule has 1 fully saturated rings. The molecule has 4 aromatic rings. The normalized spacial score (nSPS) is 13.2. The van der Waals surface area contributed by atoms with E-state index in [-0.39, 0.29) is 5.91 Å². The van der Waals surface area contributed by atoms with Crippen molar-refractivity contribution in [2.45, 2.75) is 36.6 Å². The third-order valence-corrected chi connectivity index (χ3v) is 7.15. The Morgan fingerprint density at radius 1 is 1.21 bits per heavy atom. The highest BCUT2D eigenvalue weighted by atomic mass is 32.2. The van der Waals surface area contributed by atoms with Gasteiger partial charge in [-0.3, -0.25) is 9.36 Å². The molecule has 2 heterocycles. The van der Waals surface area contributed by atoms with Crippen LogP contribution in [0.4, 0.5) is 5.69 Å². The number of amides is 1. The van der Waals surface area contributed by atoms with Crippen molar-refractivity contribution < 1.29 is 9.53 Å². The number of nitrogens with one attached hydrogen (secondary N) is 1. The molecule has 0 radical (unpaired) electrons. The number of aromatic nitrogens is 4. The maximum atomic E-state index is 11.5. The Labute approximate surface area is 200 Å². The lowest BCUT2D eigenvalue weighted by atomic mass is 10.2. The fourth-order valence-electron chi connectivity index (χ4n) is 3.61. The van der Waals surface area contributed by atoms with Gasteiger partial charge in [0.2, 0.25) is 5.91 Å². The second-order valence-corrected chi connectivity index (χ2v) is 9.62. The number of para-hydroxylation sites is 1. The first-order chi connectivity index (χ1) is 16.1. The lowest BCUT2D eigenvalue weighted by Gasteiger charge is -2.11. The number of methoxy groups -OCH3 is 1. The van der Waals surface area contributed by atoms with Crippen LogP contribution in [0, 0.1) is 0 Å². The van der Waals surface area contributed by atoms with Gasteiger partial charge in [0.15, 0.2) is 5.16 Å². The van der Waals surface area contributed by atoms with Gasteiger partial charge in [-0.25, -0.2) is 4.98 Å². The minimum absolute atomic E-state index is 0.0951. The monoisotopic (exact) mass is 477 g/mol. The van der Waals surface area contributed by atoms with Crippen molar-refractivity contribution in [1.29, 1.82) is 0 Å². The Hall–Kier alpha value is -3.17. The Morgan fingerprint density at radius 3 is 2.85 bits per heavy atom. The molecule has 1 N–H and O–H groups in total. The van der Waals surface area contributed by atoms with Gasteiger partial charge in [0.1, 0.15) is 16.6 Å². The summed E-state index contributed by atoms with van der Waals surface area (Å²) in [6.45, 7) is 1.51. The van der Waals surface area contributed by atoms with Crippen molar-refractivity contribution >= 4 is 34.7 Å². The summed E-state index contributed by atoms with van der Waals surface area (Å²) in [5.74, 6) is 2.82. The van der Waals surface area contributed by atoms with Crippen LogP contribution in [-0.4, -0.2) is 32.8 Å². The molecule has 33 heavy (non-hydrogen) atoms. The third kappa shape index (κ3) is 4.79. The number of benzene rings is 2. The number of hydrogen-bond acceptors (Lipinski definition) is 7. The highest BCUT2D eigenvalue weighted by Gasteiger charge is 2.31. The number of carbonyl (C=O) groups excluding carboxylic acids is 1. The van der Waals surface area contributed by atoms with E-state index in [4.69, 9.17) is 9.72 Å². The number of thioether (sulfide) groups is 1. The van der Waals surface area contributed by atoms with Crippen LogP contribution in [-0.2, 0) is 10.5 Å². The van der Waals surface area contributed by atoms with E-state index >= 15 is 0 Å². The minimum Gasteiger partial charge on any atom is -0.496 e. The van der Waals surface area contributed by atoms with E-state index in [9.17, 15) is 4.79 Å². The fourth-order valence-corrected chi connectivity index (χ4v) is 5.41. The van der Waals surface area contributed by atoms with E-state index in [1.165, 1.54) is 6.92 Å². The molecular weight excluding hydrogens is 454 g/mol. The van der Waals surface area contributed by atoms with Gasteiger partial charge in [0.25, 0.3) is 0 Å². The van der Waals surface area contributed by atoms with E-state index in [1.807, 2.05) is 48.5 Å². The van der Waals surface area contributed by atoms with Crippen LogP contribution in [0.2, 0.25) is 0 Å². The smallest absolute Gasteiger partial charge is 0.221 e. The van der Waals surface area contributed by atoms with Crippen LogP contribution < -0.4 is 10.1 Å². The van der Waals surface area contributed by atoms with E-state index in [0.717, 1.165) is 57.2 Å². The summed E-state index contributed by atoms with van der Waals surface area (Å²) < 4.78 is 7.59. The Bertz CT molecular complexity index is 1300. The van der Waals surface area contributed by atoms with Gasteiger partial charge in [0.05, 0.1) is 24.1 Å². The van der Waals surface area contributed by atoms with Crippen molar-refractivity contribution in [3.63, 3.8) is 0 Å². The Balaban J connectivity index is 1.39. The summed E-state index contributed by atoms with van der Waals surface area (Å²) in [7, 11) is 1.68. The zero-order chi connectivity index (χ0) is 22.8. The second kappa shape index (κ2) is 9.36. The summed E-state index contributed by atoms with van der Waals surface area (Å²) in [5.41, 5.74) is 3.69.